The van der Waals surface area contributed by atoms with E-state index in [-0.39, 0.29) is 4.90 Å². The SMILES string of the molecule is CC(NC(=O)Nc1ccc(S(C)(=O)=O)cc1)C(C)C(=O)O. The maximum absolute atomic E-state index is 11.7. The van der Waals surface area contributed by atoms with Gasteiger partial charge in [-0.25, -0.2) is 13.2 Å². The molecule has 0 saturated heterocycles. The van der Waals surface area contributed by atoms with E-state index in [0.29, 0.717) is 5.69 Å². The normalized spacial score (nSPS) is 14.0. The molecule has 0 spiro atoms. The van der Waals surface area contributed by atoms with Crippen molar-refractivity contribution in [3.05, 3.63) is 24.3 Å². The molecule has 0 aromatic heterocycles. The number of carboxylic acids is 1. The first-order chi connectivity index (χ1) is 9.61. The number of rotatable bonds is 5. The van der Waals surface area contributed by atoms with Gasteiger partial charge < -0.3 is 15.7 Å². The zero-order valence-corrected chi connectivity index (χ0v) is 12.8. The summed E-state index contributed by atoms with van der Waals surface area (Å²) in [6.45, 7) is 3.08. The Morgan fingerprint density at radius 2 is 1.67 bits per heavy atom. The summed E-state index contributed by atoms with van der Waals surface area (Å²) >= 11 is 0. The summed E-state index contributed by atoms with van der Waals surface area (Å²) in [5, 5.41) is 13.8. The van der Waals surface area contributed by atoms with Gasteiger partial charge in [0.05, 0.1) is 10.8 Å². The third-order valence-corrected chi connectivity index (χ3v) is 4.17. The molecule has 2 unspecified atom stereocenters. The van der Waals surface area contributed by atoms with Crippen LogP contribution < -0.4 is 10.6 Å². The lowest BCUT2D eigenvalue weighted by Gasteiger charge is -2.18. The highest BCUT2D eigenvalue weighted by Crippen LogP contribution is 2.14. The molecule has 0 heterocycles. The number of sulfone groups is 1. The summed E-state index contributed by atoms with van der Waals surface area (Å²) in [5.41, 5.74) is 0.412. The van der Waals surface area contributed by atoms with Crippen molar-refractivity contribution in [3.63, 3.8) is 0 Å². The zero-order chi connectivity index (χ0) is 16.2. The van der Waals surface area contributed by atoms with Crippen LogP contribution in [-0.4, -0.2) is 37.8 Å². The number of urea groups is 1. The predicted molar refractivity (Wildman–Crippen MR) is 78.0 cm³/mol. The zero-order valence-electron chi connectivity index (χ0n) is 12.0. The summed E-state index contributed by atoms with van der Waals surface area (Å²) in [4.78, 5) is 22.6. The van der Waals surface area contributed by atoms with Crippen molar-refractivity contribution in [2.75, 3.05) is 11.6 Å². The highest BCUT2D eigenvalue weighted by atomic mass is 32.2. The minimum atomic E-state index is -3.28. The fourth-order valence-electron chi connectivity index (χ4n) is 1.50. The lowest BCUT2D eigenvalue weighted by atomic mass is 10.0. The maximum atomic E-state index is 11.7. The summed E-state index contributed by atoms with van der Waals surface area (Å²) in [6, 6.07) is 4.59. The van der Waals surface area contributed by atoms with Gasteiger partial charge in [-0.2, -0.15) is 0 Å². The van der Waals surface area contributed by atoms with Crippen LogP contribution in [0.5, 0.6) is 0 Å². The Balaban J connectivity index is 2.65. The summed E-state index contributed by atoms with van der Waals surface area (Å²) in [5.74, 6) is -1.72. The van der Waals surface area contributed by atoms with Crippen LogP contribution in [0, 0.1) is 5.92 Å². The van der Waals surface area contributed by atoms with Crippen molar-refractivity contribution in [3.8, 4) is 0 Å². The number of anilines is 1. The van der Waals surface area contributed by atoms with Gasteiger partial charge >= 0.3 is 12.0 Å². The number of aliphatic carboxylic acids is 1. The molecule has 0 fully saturated rings. The first-order valence-electron chi connectivity index (χ1n) is 6.21. The molecule has 0 bridgehead atoms. The first-order valence-corrected chi connectivity index (χ1v) is 8.11. The van der Waals surface area contributed by atoms with Crippen LogP contribution >= 0.6 is 0 Å². The minimum Gasteiger partial charge on any atom is -0.481 e. The molecule has 3 N–H and O–H groups in total. The summed E-state index contributed by atoms with van der Waals surface area (Å²) < 4.78 is 22.6. The highest BCUT2D eigenvalue weighted by molar-refractivity contribution is 7.90. The van der Waals surface area contributed by atoms with Gasteiger partial charge in [-0.15, -0.1) is 0 Å². The minimum absolute atomic E-state index is 0.154. The molecule has 1 aromatic carbocycles. The largest absolute Gasteiger partial charge is 0.481 e. The van der Waals surface area contributed by atoms with Crippen molar-refractivity contribution in [1.29, 1.82) is 0 Å². The van der Waals surface area contributed by atoms with Gasteiger partial charge in [-0.1, -0.05) is 0 Å². The van der Waals surface area contributed by atoms with E-state index in [1.54, 1.807) is 6.92 Å². The Bertz CT molecular complexity index is 624. The van der Waals surface area contributed by atoms with Crippen LogP contribution in [0.25, 0.3) is 0 Å². The molecule has 0 aliphatic carbocycles. The second kappa shape index (κ2) is 6.57. The lowest BCUT2D eigenvalue weighted by molar-refractivity contribution is -0.141. The van der Waals surface area contributed by atoms with Crippen molar-refractivity contribution < 1.29 is 23.1 Å². The van der Waals surface area contributed by atoms with Gasteiger partial charge in [-0.3, -0.25) is 4.79 Å². The van der Waals surface area contributed by atoms with Gasteiger partial charge in [-0.05, 0) is 38.1 Å². The molecule has 2 atom stereocenters. The van der Waals surface area contributed by atoms with E-state index < -0.39 is 33.8 Å². The standard InChI is InChI=1S/C13H18N2O5S/c1-8(12(16)17)9(2)14-13(18)15-10-4-6-11(7-5-10)21(3,19)20/h4-9H,1-3H3,(H,16,17)(H2,14,15,18). The van der Waals surface area contributed by atoms with Gasteiger partial charge in [0.2, 0.25) is 0 Å². The second-order valence-corrected chi connectivity index (χ2v) is 6.83. The van der Waals surface area contributed by atoms with Crippen LogP contribution in [0.4, 0.5) is 10.5 Å². The number of nitrogens with one attached hydrogen (secondary N) is 2. The van der Waals surface area contributed by atoms with Crippen LogP contribution in [-0.2, 0) is 14.6 Å². The topological polar surface area (TPSA) is 113 Å². The quantitative estimate of drug-likeness (QED) is 0.758. The van der Waals surface area contributed by atoms with Crippen molar-refractivity contribution in [2.24, 2.45) is 5.92 Å². The van der Waals surface area contributed by atoms with E-state index in [2.05, 4.69) is 10.6 Å². The molecule has 2 amide bonds. The van der Waals surface area contributed by atoms with Crippen molar-refractivity contribution in [2.45, 2.75) is 24.8 Å². The Morgan fingerprint density at radius 1 is 1.14 bits per heavy atom. The molecular formula is C13H18N2O5S. The number of carbonyl (C=O) groups excluding carboxylic acids is 1. The van der Waals surface area contributed by atoms with E-state index in [1.165, 1.54) is 31.2 Å². The molecule has 0 saturated carbocycles. The third kappa shape index (κ3) is 5.07. The molecule has 1 rings (SSSR count). The van der Waals surface area contributed by atoms with Gasteiger partial charge in [0.1, 0.15) is 0 Å². The average molecular weight is 314 g/mol. The van der Waals surface area contributed by atoms with E-state index in [9.17, 15) is 18.0 Å². The third-order valence-electron chi connectivity index (χ3n) is 3.04. The van der Waals surface area contributed by atoms with E-state index in [0.717, 1.165) is 6.26 Å². The van der Waals surface area contributed by atoms with Crippen LogP contribution in [0.3, 0.4) is 0 Å². The molecule has 116 valence electrons. The monoisotopic (exact) mass is 314 g/mol. The van der Waals surface area contributed by atoms with Gasteiger partial charge in [0, 0.05) is 18.0 Å². The van der Waals surface area contributed by atoms with E-state index >= 15 is 0 Å². The summed E-state index contributed by atoms with van der Waals surface area (Å²) in [7, 11) is -3.28. The lowest BCUT2D eigenvalue weighted by Crippen LogP contribution is -2.42. The number of carboxylic acid groups (broad SMARTS) is 1. The maximum Gasteiger partial charge on any atom is 0.319 e. The number of carbonyl (C=O) groups is 2. The van der Waals surface area contributed by atoms with E-state index in [4.69, 9.17) is 5.11 Å². The smallest absolute Gasteiger partial charge is 0.319 e. The fraction of sp³-hybridized carbons (Fsp3) is 0.385. The molecule has 8 heteroatoms. The highest BCUT2D eigenvalue weighted by Gasteiger charge is 2.20. The van der Waals surface area contributed by atoms with E-state index in [1.807, 2.05) is 0 Å². The second-order valence-electron chi connectivity index (χ2n) is 4.81. The van der Waals surface area contributed by atoms with Gasteiger partial charge in [0.25, 0.3) is 0 Å². The first kappa shape index (κ1) is 17.0. The van der Waals surface area contributed by atoms with Crippen LogP contribution in [0.1, 0.15) is 13.8 Å². The molecule has 0 radical (unpaired) electrons. The number of hydrogen-bond acceptors (Lipinski definition) is 4. The molecule has 0 aliphatic rings. The fourth-order valence-corrected chi connectivity index (χ4v) is 2.13. The van der Waals surface area contributed by atoms with Crippen molar-refractivity contribution >= 4 is 27.5 Å². The molecule has 1 aromatic rings. The molecule has 0 aliphatic heterocycles. The summed E-state index contributed by atoms with van der Waals surface area (Å²) in [6.07, 6.45) is 1.09. The average Bonchev–Trinajstić information content (AvgIpc) is 2.36. The van der Waals surface area contributed by atoms with Crippen molar-refractivity contribution in [1.82, 2.24) is 5.32 Å². The molecule has 21 heavy (non-hydrogen) atoms. The molecule has 7 nitrogen and oxygen atoms in total. The Hall–Kier alpha value is -2.09. The number of hydrogen-bond donors (Lipinski definition) is 3. The number of benzene rings is 1. The number of amides is 2. The predicted octanol–water partition coefficient (Wildman–Crippen LogP) is 1.32. The van der Waals surface area contributed by atoms with Gasteiger partial charge in [0.15, 0.2) is 9.84 Å². The molecular weight excluding hydrogens is 296 g/mol. The Morgan fingerprint density at radius 3 is 2.10 bits per heavy atom. The van der Waals surface area contributed by atoms with Crippen LogP contribution in [0.2, 0.25) is 0 Å². The Labute approximate surface area is 123 Å². The van der Waals surface area contributed by atoms with Crippen LogP contribution in [0.15, 0.2) is 29.2 Å². The Kier molecular flexibility index (Phi) is 5.31.